The molecule has 6 heteroatoms. The molecule has 0 aromatic heterocycles. The van der Waals surface area contributed by atoms with Crippen molar-refractivity contribution >= 4 is 23.5 Å². The highest BCUT2D eigenvalue weighted by Gasteiger charge is 2.56. The summed E-state index contributed by atoms with van der Waals surface area (Å²) in [7, 11) is 1.31. The van der Waals surface area contributed by atoms with Crippen LogP contribution in [0.15, 0.2) is 24.3 Å². The molecule has 0 radical (unpaired) electrons. The highest BCUT2D eigenvalue weighted by atomic mass is 16.5. The van der Waals surface area contributed by atoms with Crippen molar-refractivity contribution in [2.75, 3.05) is 12.4 Å². The molecule has 2 fully saturated rings. The van der Waals surface area contributed by atoms with Crippen molar-refractivity contribution in [3.8, 4) is 0 Å². The van der Waals surface area contributed by atoms with E-state index in [1.54, 1.807) is 24.3 Å². The first-order valence-corrected chi connectivity index (χ1v) is 9.36. The molecule has 2 saturated carbocycles. The van der Waals surface area contributed by atoms with Crippen LogP contribution in [0, 0.1) is 5.41 Å². The van der Waals surface area contributed by atoms with Crippen LogP contribution in [0.2, 0.25) is 0 Å². The first-order valence-electron chi connectivity index (χ1n) is 9.36. The average Bonchev–Trinajstić information content (AvgIpc) is 3.47. The van der Waals surface area contributed by atoms with E-state index in [9.17, 15) is 14.4 Å². The van der Waals surface area contributed by atoms with Gasteiger partial charge in [0.1, 0.15) is 5.41 Å². The van der Waals surface area contributed by atoms with Crippen molar-refractivity contribution in [1.82, 2.24) is 5.32 Å². The minimum atomic E-state index is -0.965. The molecule has 0 aliphatic heterocycles. The summed E-state index contributed by atoms with van der Waals surface area (Å²) in [6.07, 6.45) is 7.80. The zero-order chi connectivity index (χ0) is 18.6. The molecule has 0 heterocycles. The van der Waals surface area contributed by atoms with Crippen LogP contribution in [0.5, 0.6) is 0 Å². The molecule has 2 aliphatic rings. The molecule has 2 aliphatic carbocycles. The van der Waals surface area contributed by atoms with Gasteiger partial charge in [-0.25, -0.2) is 4.79 Å². The van der Waals surface area contributed by atoms with E-state index in [0.717, 1.165) is 25.7 Å². The number of rotatable bonds is 5. The maximum atomic E-state index is 12.7. The molecule has 0 bridgehead atoms. The maximum Gasteiger partial charge on any atom is 0.337 e. The van der Waals surface area contributed by atoms with E-state index in [1.807, 2.05) is 0 Å². The summed E-state index contributed by atoms with van der Waals surface area (Å²) < 4.78 is 4.69. The van der Waals surface area contributed by atoms with Crippen LogP contribution in [-0.4, -0.2) is 30.9 Å². The minimum absolute atomic E-state index is 0.161. The summed E-state index contributed by atoms with van der Waals surface area (Å²) in [5.41, 5.74) is -0.113. The number of carbonyl (C=O) groups is 3. The molecule has 0 atom stereocenters. The van der Waals surface area contributed by atoms with E-state index in [4.69, 9.17) is 4.74 Å². The number of benzene rings is 1. The van der Waals surface area contributed by atoms with Crippen LogP contribution in [0.25, 0.3) is 0 Å². The molecular weight excluding hydrogens is 332 g/mol. The first kappa shape index (κ1) is 18.4. The standard InChI is InChI=1S/C20H26N2O4/c1-26-17(23)14-7-6-10-16(13-14)22-19(25)20(11-12-20)18(24)21-15-8-4-2-3-5-9-15/h6-7,10,13,15H,2-5,8-9,11-12H2,1H3,(H,21,24)(H,22,25). The molecule has 0 spiro atoms. The van der Waals surface area contributed by atoms with Crippen LogP contribution in [0.4, 0.5) is 5.69 Å². The van der Waals surface area contributed by atoms with Crippen LogP contribution < -0.4 is 10.6 Å². The van der Waals surface area contributed by atoms with Crippen LogP contribution >= 0.6 is 0 Å². The lowest BCUT2D eigenvalue weighted by molar-refractivity contribution is -0.134. The summed E-state index contributed by atoms with van der Waals surface area (Å²) in [5.74, 6) is -0.926. The second-order valence-corrected chi connectivity index (χ2v) is 7.27. The summed E-state index contributed by atoms with van der Waals surface area (Å²) in [5, 5.41) is 5.88. The van der Waals surface area contributed by atoms with Gasteiger partial charge in [-0.15, -0.1) is 0 Å². The smallest absolute Gasteiger partial charge is 0.337 e. The fraction of sp³-hybridized carbons (Fsp3) is 0.550. The average molecular weight is 358 g/mol. The number of anilines is 1. The molecule has 2 amide bonds. The molecule has 1 aromatic rings. The summed E-state index contributed by atoms with van der Waals surface area (Å²) in [6.45, 7) is 0. The van der Waals surface area contributed by atoms with E-state index >= 15 is 0 Å². The van der Waals surface area contributed by atoms with Crippen LogP contribution in [0.3, 0.4) is 0 Å². The first-order chi connectivity index (χ1) is 12.5. The van der Waals surface area contributed by atoms with Gasteiger partial charge in [-0.3, -0.25) is 9.59 Å². The largest absolute Gasteiger partial charge is 0.465 e. The number of methoxy groups -OCH3 is 1. The highest BCUT2D eigenvalue weighted by molar-refractivity contribution is 6.13. The predicted octanol–water partition coefficient (Wildman–Crippen LogP) is 3.03. The number of esters is 1. The number of amides is 2. The number of ether oxygens (including phenoxy) is 1. The Morgan fingerprint density at radius 3 is 2.35 bits per heavy atom. The van der Waals surface area contributed by atoms with E-state index < -0.39 is 11.4 Å². The van der Waals surface area contributed by atoms with E-state index in [-0.39, 0.29) is 17.9 Å². The van der Waals surface area contributed by atoms with Crippen molar-refractivity contribution in [2.24, 2.45) is 5.41 Å². The van der Waals surface area contributed by atoms with Crippen LogP contribution in [-0.2, 0) is 14.3 Å². The topological polar surface area (TPSA) is 84.5 Å². The Morgan fingerprint density at radius 1 is 1.04 bits per heavy atom. The molecule has 6 nitrogen and oxygen atoms in total. The second kappa shape index (κ2) is 7.89. The van der Waals surface area contributed by atoms with Gasteiger partial charge in [0.15, 0.2) is 0 Å². The third-order valence-electron chi connectivity index (χ3n) is 5.35. The minimum Gasteiger partial charge on any atom is -0.465 e. The Kier molecular flexibility index (Phi) is 5.59. The van der Waals surface area contributed by atoms with Gasteiger partial charge in [0.25, 0.3) is 0 Å². The van der Waals surface area contributed by atoms with Gasteiger partial charge in [0.2, 0.25) is 11.8 Å². The lowest BCUT2D eigenvalue weighted by Gasteiger charge is -2.21. The lowest BCUT2D eigenvalue weighted by atomic mass is 10.0. The zero-order valence-electron chi connectivity index (χ0n) is 15.2. The molecule has 2 N–H and O–H groups in total. The van der Waals surface area contributed by atoms with Gasteiger partial charge in [-0.05, 0) is 43.9 Å². The Balaban J connectivity index is 1.63. The van der Waals surface area contributed by atoms with Crippen LogP contribution in [0.1, 0.15) is 61.7 Å². The fourth-order valence-corrected chi connectivity index (χ4v) is 3.52. The molecule has 26 heavy (non-hydrogen) atoms. The molecule has 140 valence electrons. The van der Waals surface area contributed by atoms with Crippen molar-refractivity contribution in [1.29, 1.82) is 0 Å². The molecule has 3 rings (SSSR count). The zero-order valence-corrected chi connectivity index (χ0v) is 15.2. The monoisotopic (exact) mass is 358 g/mol. The Bertz CT molecular complexity index is 689. The summed E-state index contributed by atoms with van der Waals surface area (Å²) in [6, 6.07) is 6.73. The van der Waals surface area contributed by atoms with Gasteiger partial charge >= 0.3 is 5.97 Å². The van der Waals surface area contributed by atoms with Gasteiger partial charge in [0.05, 0.1) is 12.7 Å². The number of nitrogens with one attached hydrogen (secondary N) is 2. The Hall–Kier alpha value is -2.37. The number of carbonyl (C=O) groups excluding carboxylic acids is 3. The fourth-order valence-electron chi connectivity index (χ4n) is 3.52. The van der Waals surface area contributed by atoms with Crippen molar-refractivity contribution in [3.05, 3.63) is 29.8 Å². The van der Waals surface area contributed by atoms with Gasteiger partial charge < -0.3 is 15.4 Å². The Labute approximate surface area is 153 Å². The van der Waals surface area contributed by atoms with Crippen molar-refractivity contribution in [3.63, 3.8) is 0 Å². The van der Waals surface area contributed by atoms with Crippen molar-refractivity contribution in [2.45, 2.75) is 57.4 Å². The molecular formula is C20H26N2O4. The summed E-state index contributed by atoms with van der Waals surface area (Å²) >= 11 is 0. The maximum absolute atomic E-state index is 12.7. The molecule has 0 unspecified atom stereocenters. The van der Waals surface area contributed by atoms with Gasteiger partial charge in [-0.1, -0.05) is 31.7 Å². The lowest BCUT2D eigenvalue weighted by Crippen LogP contribution is -2.44. The second-order valence-electron chi connectivity index (χ2n) is 7.27. The third-order valence-corrected chi connectivity index (χ3v) is 5.35. The quantitative estimate of drug-likeness (QED) is 0.481. The molecule has 0 saturated heterocycles. The van der Waals surface area contributed by atoms with E-state index in [2.05, 4.69) is 10.6 Å². The normalized spacial score (nSPS) is 19.1. The third kappa shape index (κ3) is 4.06. The Morgan fingerprint density at radius 2 is 1.73 bits per heavy atom. The highest BCUT2D eigenvalue weighted by Crippen LogP contribution is 2.47. The summed E-state index contributed by atoms with van der Waals surface area (Å²) in [4.78, 5) is 37.0. The van der Waals surface area contributed by atoms with Gasteiger partial charge in [0, 0.05) is 11.7 Å². The number of hydrogen-bond acceptors (Lipinski definition) is 4. The van der Waals surface area contributed by atoms with E-state index in [1.165, 1.54) is 20.0 Å². The molecule has 1 aromatic carbocycles. The SMILES string of the molecule is COC(=O)c1cccc(NC(=O)C2(C(=O)NC3CCCCCC3)CC2)c1. The van der Waals surface area contributed by atoms with Crippen molar-refractivity contribution < 1.29 is 19.1 Å². The number of hydrogen-bond donors (Lipinski definition) is 2. The van der Waals surface area contributed by atoms with Gasteiger partial charge in [-0.2, -0.15) is 0 Å². The predicted molar refractivity (Wildman–Crippen MR) is 97.7 cm³/mol. The van der Waals surface area contributed by atoms with E-state index in [0.29, 0.717) is 24.1 Å².